The molecule has 5 heteroatoms. The van der Waals surface area contributed by atoms with Crippen molar-refractivity contribution >= 4 is 23.3 Å². The van der Waals surface area contributed by atoms with Gasteiger partial charge in [0.25, 0.3) is 0 Å². The molecule has 4 nitrogen and oxygen atoms in total. The van der Waals surface area contributed by atoms with Crippen LogP contribution in [-0.2, 0) is 17.6 Å². The summed E-state index contributed by atoms with van der Waals surface area (Å²) in [5, 5.41) is 0.616. The third-order valence-corrected chi connectivity index (χ3v) is 3.83. The lowest BCUT2D eigenvalue weighted by Crippen LogP contribution is -2.37. The smallest absolute Gasteiger partial charge is 0.232 e. The molecule has 1 aliphatic heterocycles. The molecule has 0 saturated carbocycles. The third-order valence-electron chi connectivity index (χ3n) is 3.62. The van der Waals surface area contributed by atoms with Gasteiger partial charge >= 0.3 is 0 Å². The summed E-state index contributed by atoms with van der Waals surface area (Å²) in [5.74, 6) is 0.798. The average molecular weight is 302 g/mol. The minimum atomic E-state index is 0.0522. The van der Waals surface area contributed by atoms with Gasteiger partial charge in [-0.1, -0.05) is 17.7 Å². The Hall–Kier alpha value is -1.94. The molecular weight excluding hydrogens is 286 g/mol. The number of amides is 1. The Kier molecular flexibility index (Phi) is 3.88. The number of anilines is 1. The lowest BCUT2D eigenvalue weighted by Gasteiger charge is -2.28. The van der Waals surface area contributed by atoms with Crippen molar-refractivity contribution in [2.45, 2.75) is 26.2 Å². The highest BCUT2D eigenvalue weighted by molar-refractivity contribution is 6.30. The Morgan fingerprint density at radius 3 is 2.95 bits per heavy atom. The van der Waals surface area contributed by atoms with E-state index in [9.17, 15) is 4.79 Å². The van der Waals surface area contributed by atoms with Crippen LogP contribution >= 0.6 is 11.6 Å². The summed E-state index contributed by atoms with van der Waals surface area (Å²) in [6, 6.07) is 5.77. The molecule has 2 aromatic heterocycles. The molecule has 0 unspecified atom stereocenters. The van der Waals surface area contributed by atoms with Gasteiger partial charge in [0.2, 0.25) is 5.91 Å². The summed E-state index contributed by atoms with van der Waals surface area (Å²) in [6.45, 7) is 2.64. The Morgan fingerprint density at radius 2 is 2.19 bits per heavy atom. The fourth-order valence-corrected chi connectivity index (χ4v) is 2.73. The molecule has 0 atom stereocenters. The molecule has 0 aromatic carbocycles. The van der Waals surface area contributed by atoms with Gasteiger partial charge in [0, 0.05) is 24.6 Å². The highest BCUT2D eigenvalue weighted by atomic mass is 35.5. The molecule has 0 N–H and O–H groups in total. The topological polar surface area (TPSA) is 46.1 Å². The van der Waals surface area contributed by atoms with E-state index in [0.717, 1.165) is 35.5 Å². The molecule has 3 heterocycles. The van der Waals surface area contributed by atoms with Crippen LogP contribution in [-0.4, -0.2) is 22.4 Å². The number of aryl methyl sites for hydroxylation is 2. The maximum Gasteiger partial charge on any atom is 0.232 e. The van der Waals surface area contributed by atoms with Crippen molar-refractivity contribution in [2.24, 2.45) is 0 Å². The molecule has 0 bridgehead atoms. The van der Waals surface area contributed by atoms with Gasteiger partial charge in [0.15, 0.2) is 0 Å². The molecule has 2 aromatic rings. The number of carbonyl (C=O) groups is 1. The number of nitrogens with zero attached hydrogens (tertiary/aromatic N) is 3. The van der Waals surface area contributed by atoms with E-state index < -0.39 is 0 Å². The Bertz CT molecular complexity index is 670. The van der Waals surface area contributed by atoms with Crippen molar-refractivity contribution in [3.8, 4) is 0 Å². The maximum absolute atomic E-state index is 12.5. The molecule has 1 aliphatic rings. The van der Waals surface area contributed by atoms with Crippen LogP contribution in [0.3, 0.4) is 0 Å². The van der Waals surface area contributed by atoms with Gasteiger partial charge < -0.3 is 0 Å². The van der Waals surface area contributed by atoms with E-state index in [2.05, 4.69) is 9.97 Å². The summed E-state index contributed by atoms with van der Waals surface area (Å²) in [6.07, 6.45) is 5.55. The highest BCUT2D eigenvalue weighted by Gasteiger charge is 2.24. The third kappa shape index (κ3) is 3.05. The van der Waals surface area contributed by atoms with E-state index in [1.54, 1.807) is 17.3 Å². The summed E-state index contributed by atoms with van der Waals surface area (Å²) in [5.41, 5.74) is 2.92. The van der Waals surface area contributed by atoms with Gasteiger partial charge in [-0.3, -0.25) is 14.7 Å². The zero-order valence-corrected chi connectivity index (χ0v) is 12.6. The predicted octanol–water partition coefficient (Wildman–Crippen LogP) is 2.96. The molecular formula is C16H16ClN3O. The van der Waals surface area contributed by atoms with Crippen LogP contribution in [0.5, 0.6) is 0 Å². The molecule has 1 amide bonds. The molecule has 21 heavy (non-hydrogen) atoms. The van der Waals surface area contributed by atoms with E-state index in [4.69, 9.17) is 11.6 Å². The Balaban J connectivity index is 1.81. The molecule has 0 fully saturated rings. The van der Waals surface area contributed by atoms with Gasteiger partial charge in [0.1, 0.15) is 5.82 Å². The van der Waals surface area contributed by atoms with E-state index in [1.165, 1.54) is 0 Å². The average Bonchev–Trinajstić information content (AvgIpc) is 2.48. The molecule has 0 saturated heterocycles. The summed E-state index contributed by atoms with van der Waals surface area (Å²) in [7, 11) is 0. The first kappa shape index (κ1) is 14.0. The van der Waals surface area contributed by atoms with E-state index in [-0.39, 0.29) is 5.91 Å². The number of hydrogen-bond acceptors (Lipinski definition) is 3. The second-order valence-electron chi connectivity index (χ2n) is 5.27. The van der Waals surface area contributed by atoms with Crippen molar-refractivity contribution in [3.05, 3.63) is 52.4 Å². The summed E-state index contributed by atoms with van der Waals surface area (Å²) >= 11 is 5.97. The number of aromatic nitrogens is 2. The molecule has 0 aliphatic carbocycles. The SMILES string of the molecule is Cc1ccc(CC(=O)N2CCCc3cc(Cl)cnc32)cn1. The van der Waals surface area contributed by atoms with E-state index in [0.29, 0.717) is 18.0 Å². The van der Waals surface area contributed by atoms with Gasteiger partial charge in [-0.25, -0.2) is 4.98 Å². The van der Waals surface area contributed by atoms with Crippen LogP contribution in [0.1, 0.15) is 23.2 Å². The molecule has 108 valence electrons. The van der Waals surface area contributed by atoms with Crippen molar-refractivity contribution in [1.29, 1.82) is 0 Å². The molecule has 3 rings (SSSR count). The first-order valence-electron chi connectivity index (χ1n) is 7.00. The molecule has 0 radical (unpaired) electrons. The summed E-state index contributed by atoms with van der Waals surface area (Å²) < 4.78 is 0. The quantitative estimate of drug-likeness (QED) is 0.857. The number of fused-ring (bicyclic) bond motifs is 1. The normalized spacial score (nSPS) is 13.9. The first-order valence-corrected chi connectivity index (χ1v) is 7.37. The fraction of sp³-hybridized carbons (Fsp3) is 0.312. The van der Waals surface area contributed by atoms with Gasteiger partial charge in [-0.05, 0) is 43.0 Å². The number of rotatable bonds is 2. The van der Waals surface area contributed by atoms with Gasteiger partial charge in [-0.15, -0.1) is 0 Å². The highest BCUT2D eigenvalue weighted by Crippen LogP contribution is 2.27. The molecule has 0 spiro atoms. The monoisotopic (exact) mass is 301 g/mol. The number of halogens is 1. The van der Waals surface area contributed by atoms with Crippen molar-refractivity contribution in [2.75, 3.05) is 11.4 Å². The minimum Gasteiger partial charge on any atom is -0.296 e. The van der Waals surface area contributed by atoms with Crippen molar-refractivity contribution in [1.82, 2.24) is 9.97 Å². The van der Waals surface area contributed by atoms with Crippen molar-refractivity contribution in [3.63, 3.8) is 0 Å². The number of carbonyl (C=O) groups excluding carboxylic acids is 1. The maximum atomic E-state index is 12.5. The minimum absolute atomic E-state index is 0.0522. The first-order chi connectivity index (χ1) is 10.1. The van der Waals surface area contributed by atoms with E-state index >= 15 is 0 Å². The second kappa shape index (κ2) is 5.82. The van der Waals surface area contributed by atoms with Crippen LogP contribution in [0.25, 0.3) is 0 Å². The van der Waals surface area contributed by atoms with Gasteiger partial charge in [0.05, 0.1) is 11.4 Å². The number of hydrogen-bond donors (Lipinski definition) is 0. The Labute approximate surface area is 128 Å². The van der Waals surface area contributed by atoms with Crippen LogP contribution in [0.2, 0.25) is 5.02 Å². The zero-order valence-electron chi connectivity index (χ0n) is 11.8. The standard InChI is InChI=1S/C16H16ClN3O/c1-11-4-5-12(9-18-11)7-15(21)20-6-2-3-13-8-14(17)10-19-16(13)20/h4-5,8-10H,2-3,6-7H2,1H3. The van der Waals surface area contributed by atoms with Crippen LogP contribution in [0, 0.1) is 6.92 Å². The predicted molar refractivity (Wildman–Crippen MR) is 82.6 cm³/mol. The van der Waals surface area contributed by atoms with Crippen LogP contribution in [0.4, 0.5) is 5.82 Å². The van der Waals surface area contributed by atoms with Crippen molar-refractivity contribution < 1.29 is 4.79 Å². The Morgan fingerprint density at radius 1 is 1.33 bits per heavy atom. The number of pyridine rings is 2. The lowest BCUT2D eigenvalue weighted by molar-refractivity contribution is -0.118. The zero-order chi connectivity index (χ0) is 14.8. The second-order valence-corrected chi connectivity index (χ2v) is 5.71. The summed E-state index contributed by atoms with van der Waals surface area (Å²) in [4.78, 5) is 22.8. The largest absolute Gasteiger partial charge is 0.296 e. The fourth-order valence-electron chi connectivity index (χ4n) is 2.55. The van der Waals surface area contributed by atoms with Crippen LogP contribution < -0.4 is 4.90 Å². The van der Waals surface area contributed by atoms with E-state index in [1.807, 2.05) is 25.1 Å². The van der Waals surface area contributed by atoms with Gasteiger partial charge in [-0.2, -0.15) is 0 Å². The van der Waals surface area contributed by atoms with Crippen LogP contribution in [0.15, 0.2) is 30.6 Å². The lowest BCUT2D eigenvalue weighted by atomic mass is 10.0.